The van der Waals surface area contributed by atoms with Crippen molar-refractivity contribution in [2.24, 2.45) is 5.73 Å². The van der Waals surface area contributed by atoms with E-state index in [1.54, 1.807) is 0 Å². The van der Waals surface area contributed by atoms with Crippen molar-refractivity contribution in [3.05, 3.63) is 64.2 Å². The summed E-state index contributed by atoms with van der Waals surface area (Å²) in [6, 6.07) is 14.6. The van der Waals surface area contributed by atoms with Gasteiger partial charge in [-0.25, -0.2) is 0 Å². The number of anilines is 1. The zero-order valence-electron chi connectivity index (χ0n) is 11.6. The number of benzene rings is 2. The molecule has 0 radical (unpaired) electrons. The Morgan fingerprint density at radius 3 is 2.71 bits per heavy atom. The number of nitrogens with one attached hydrogen (secondary N) is 1. The molecule has 2 aromatic rings. The number of hydrogen-bond donors (Lipinski definition) is 2. The summed E-state index contributed by atoms with van der Waals surface area (Å²) < 4.78 is 0. The van der Waals surface area contributed by atoms with Gasteiger partial charge in [-0.2, -0.15) is 0 Å². The van der Waals surface area contributed by atoms with Crippen LogP contribution in [0.4, 0.5) is 5.69 Å². The quantitative estimate of drug-likeness (QED) is 0.842. The maximum absolute atomic E-state index is 6.10. The number of hydrogen-bond acceptors (Lipinski definition) is 2. The molecule has 1 aliphatic rings. The van der Waals surface area contributed by atoms with E-state index in [4.69, 9.17) is 29.6 Å². The monoisotopic (exact) mass is 316 g/mol. The van der Waals surface area contributed by atoms with Gasteiger partial charge >= 0.3 is 0 Å². The molecule has 0 amide bonds. The predicted molar refractivity (Wildman–Crippen MR) is 93.2 cm³/mol. The van der Waals surface area contributed by atoms with Crippen LogP contribution in [-0.4, -0.2) is 11.0 Å². The van der Waals surface area contributed by atoms with Crippen LogP contribution in [0.5, 0.6) is 0 Å². The van der Waals surface area contributed by atoms with Crippen LogP contribution in [0.2, 0.25) is 5.02 Å². The number of halogens is 1. The van der Waals surface area contributed by atoms with Crippen LogP contribution < -0.4 is 11.1 Å². The first-order valence-corrected chi connectivity index (χ1v) is 7.85. The first kappa shape index (κ1) is 14.4. The van der Waals surface area contributed by atoms with E-state index >= 15 is 0 Å². The summed E-state index contributed by atoms with van der Waals surface area (Å²) in [4.78, 5) is 0.394. The van der Waals surface area contributed by atoms with Crippen molar-refractivity contribution in [2.45, 2.75) is 25.3 Å². The molecule has 1 atom stereocenters. The van der Waals surface area contributed by atoms with Gasteiger partial charge in [0, 0.05) is 22.3 Å². The fourth-order valence-electron chi connectivity index (χ4n) is 2.89. The van der Waals surface area contributed by atoms with Crippen molar-refractivity contribution in [3.63, 3.8) is 0 Å². The van der Waals surface area contributed by atoms with Crippen LogP contribution in [-0.2, 0) is 12.8 Å². The molecule has 3 N–H and O–H groups in total. The highest BCUT2D eigenvalue weighted by Crippen LogP contribution is 2.27. The molecule has 2 nitrogen and oxygen atoms in total. The largest absolute Gasteiger partial charge is 0.389 e. The van der Waals surface area contributed by atoms with E-state index in [2.05, 4.69) is 29.6 Å². The molecule has 3 rings (SSSR count). The van der Waals surface area contributed by atoms with Crippen molar-refractivity contribution in [1.29, 1.82) is 0 Å². The van der Waals surface area contributed by atoms with Gasteiger partial charge in [-0.05, 0) is 48.6 Å². The summed E-state index contributed by atoms with van der Waals surface area (Å²) in [5.74, 6) is 0. The van der Waals surface area contributed by atoms with Gasteiger partial charge in [0.15, 0.2) is 0 Å². The molecule has 108 valence electrons. The second kappa shape index (κ2) is 6.04. The Labute approximate surface area is 135 Å². The predicted octanol–water partition coefficient (Wildman–Crippen LogP) is 3.94. The maximum atomic E-state index is 6.10. The molecule has 21 heavy (non-hydrogen) atoms. The van der Waals surface area contributed by atoms with Crippen molar-refractivity contribution in [2.75, 3.05) is 5.32 Å². The van der Waals surface area contributed by atoms with E-state index in [-0.39, 0.29) is 0 Å². The molecule has 0 fully saturated rings. The molecular formula is C17H17ClN2S. The van der Waals surface area contributed by atoms with Gasteiger partial charge in [-0.15, -0.1) is 0 Å². The fourth-order valence-corrected chi connectivity index (χ4v) is 3.24. The third kappa shape index (κ3) is 3.20. The van der Waals surface area contributed by atoms with Gasteiger partial charge in [-0.3, -0.25) is 0 Å². The van der Waals surface area contributed by atoms with Crippen LogP contribution in [0.25, 0.3) is 0 Å². The Balaban J connectivity index is 1.82. The van der Waals surface area contributed by atoms with Gasteiger partial charge < -0.3 is 11.1 Å². The molecule has 0 bridgehead atoms. The van der Waals surface area contributed by atoms with Crippen molar-refractivity contribution >= 4 is 34.5 Å². The van der Waals surface area contributed by atoms with Crippen LogP contribution in [0, 0.1) is 0 Å². The lowest BCUT2D eigenvalue weighted by Gasteiger charge is -2.27. The second-order valence-electron chi connectivity index (χ2n) is 5.41. The normalized spacial score (nSPS) is 17.1. The van der Waals surface area contributed by atoms with Crippen LogP contribution in [0.15, 0.2) is 42.5 Å². The van der Waals surface area contributed by atoms with Crippen molar-refractivity contribution in [3.8, 4) is 0 Å². The Morgan fingerprint density at radius 1 is 1.19 bits per heavy atom. The Morgan fingerprint density at radius 2 is 1.95 bits per heavy atom. The smallest absolute Gasteiger partial charge is 0.106 e. The molecule has 0 aliphatic heterocycles. The van der Waals surface area contributed by atoms with E-state index in [0.29, 0.717) is 16.1 Å². The lowest BCUT2D eigenvalue weighted by molar-refractivity contribution is 0.611. The van der Waals surface area contributed by atoms with E-state index < -0.39 is 0 Å². The molecule has 0 aromatic heterocycles. The Kier molecular flexibility index (Phi) is 4.13. The molecular weight excluding hydrogens is 300 g/mol. The zero-order valence-corrected chi connectivity index (χ0v) is 13.2. The molecule has 0 saturated heterocycles. The fraction of sp³-hybridized carbons (Fsp3) is 0.235. The average molecular weight is 317 g/mol. The third-order valence-corrected chi connectivity index (χ3v) is 4.41. The SMILES string of the molecule is NC(=S)c1ccc(Cl)cc1NC1CCc2ccccc2C1. The molecule has 4 heteroatoms. The minimum Gasteiger partial charge on any atom is -0.389 e. The van der Waals surface area contributed by atoms with Gasteiger partial charge in [0.2, 0.25) is 0 Å². The molecule has 0 heterocycles. The minimum absolute atomic E-state index is 0.381. The van der Waals surface area contributed by atoms with Crippen molar-refractivity contribution in [1.82, 2.24) is 0 Å². The Bertz CT molecular complexity index is 684. The van der Waals surface area contributed by atoms with E-state index in [1.165, 1.54) is 11.1 Å². The summed E-state index contributed by atoms with van der Waals surface area (Å²) in [6.07, 6.45) is 3.20. The highest BCUT2D eigenvalue weighted by molar-refractivity contribution is 7.80. The van der Waals surface area contributed by atoms with E-state index in [9.17, 15) is 0 Å². The molecule has 0 saturated carbocycles. The number of aryl methyl sites for hydroxylation is 1. The number of fused-ring (bicyclic) bond motifs is 1. The summed E-state index contributed by atoms with van der Waals surface area (Å²) in [5.41, 5.74) is 10.5. The van der Waals surface area contributed by atoms with Crippen molar-refractivity contribution < 1.29 is 0 Å². The second-order valence-corrected chi connectivity index (χ2v) is 6.28. The molecule has 2 aromatic carbocycles. The van der Waals surface area contributed by atoms with Gasteiger partial charge in [0.05, 0.1) is 0 Å². The summed E-state index contributed by atoms with van der Waals surface area (Å²) >= 11 is 11.2. The van der Waals surface area contributed by atoms with E-state index in [0.717, 1.165) is 30.5 Å². The molecule has 0 spiro atoms. The topological polar surface area (TPSA) is 38.0 Å². The zero-order chi connectivity index (χ0) is 14.8. The van der Waals surface area contributed by atoms with Crippen LogP contribution in [0.3, 0.4) is 0 Å². The maximum Gasteiger partial charge on any atom is 0.106 e. The number of thiocarbonyl (C=S) groups is 1. The lowest BCUT2D eigenvalue weighted by atomic mass is 9.88. The van der Waals surface area contributed by atoms with Gasteiger partial charge in [-0.1, -0.05) is 48.1 Å². The van der Waals surface area contributed by atoms with Gasteiger partial charge in [0.1, 0.15) is 4.99 Å². The standard InChI is InChI=1S/C17H17ClN2S/c18-13-6-8-15(17(19)21)16(10-13)20-14-7-5-11-3-1-2-4-12(11)9-14/h1-4,6,8,10,14,20H,5,7,9H2,(H2,19,21). The van der Waals surface area contributed by atoms with Gasteiger partial charge in [0.25, 0.3) is 0 Å². The first-order chi connectivity index (χ1) is 10.1. The highest BCUT2D eigenvalue weighted by Gasteiger charge is 2.19. The summed E-state index contributed by atoms with van der Waals surface area (Å²) in [5, 5.41) is 4.25. The van der Waals surface area contributed by atoms with Crippen LogP contribution >= 0.6 is 23.8 Å². The minimum atomic E-state index is 0.381. The summed E-state index contributed by atoms with van der Waals surface area (Å²) in [6.45, 7) is 0. The lowest BCUT2D eigenvalue weighted by Crippen LogP contribution is -2.28. The summed E-state index contributed by atoms with van der Waals surface area (Å²) in [7, 11) is 0. The molecule has 1 unspecified atom stereocenters. The number of nitrogens with two attached hydrogens (primary N) is 1. The van der Waals surface area contributed by atoms with E-state index in [1.807, 2.05) is 18.2 Å². The first-order valence-electron chi connectivity index (χ1n) is 7.06. The average Bonchev–Trinajstić information content (AvgIpc) is 2.47. The van der Waals surface area contributed by atoms with Crippen LogP contribution in [0.1, 0.15) is 23.1 Å². The Hall–Kier alpha value is -1.58. The highest BCUT2D eigenvalue weighted by atomic mass is 35.5. The third-order valence-electron chi connectivity index (χ3n) is 3.95. The molecule has 1 aliphatic carbocycles. The number of rotatable bonds is 3.